The van der Waals surface area contributed by atoms with Crippen LogP contribution in [0.25, 0.3) is 0 Å². The first kappa shape index (κ1) is 17.9. The van der Waals surface area contributed by atoms with Crippen molar-refractivity contribution in [2.24, 2.45) is 5.41 Å². The van der Waals surface area contributed by atoms with Crippen LogP contribution in [0.4, 0.5) is 0 Å². The molecule has 1 atom stereocenters. The number of piperazine rings is 1. The fraction of sp³-hybridized carbons (Fsp3) is 1.00. The molecule has 0 aromatic heterocycles. The highest BCUT2D eigenvalue weighted by atomic mass is 15.3. The van der Waals surface area contributed by atoms with E-state index in [9.17, 15) is 0 Å². The SMILES string of the molecule is CCCNCC(CC)(CC)CN1CCN(C)C(CC)C1. The quantitative estimate of drug-likeness (QED) is 0.657. The Bertz CT molecular complexity index is 251. The van der Waals surface area contributed by atoms with Gasteiger partial charge in [0.1, 0.15) is 0 Å². The summed E-state index contributed by atoms with van der Waals surface area (Å²) >= 11 is 0. The first-order valence-electron chi connectivity index (χ1n) is 8.74. The molecule has 0 radical (unpaired) electrons. The van der Waals surface area contributed by atoms with Crippen molar-refractivity contribution < 1.29 is 0 Å². The van der Waals surface area contributed by atoms with Gasteiger partial charge in [-0.2, -0.15) is 0 Å². The van der Waals surface area contributed by atoms with Crippen LogP contribution in [0.3, 0.4) is 0 Å². The zero-order chi connectivity index (χ0) is 15.0. The molecule has 20 heavy (non-hydrogen) atoms. The van der Waals surface area contributed by atoms with Crippen LogP contribution < -0.4 is 5.32 Å². The van der Waals surface area contributed by atoms with Crippen LogP contribution >= 0.6 is 0 Å². The minimum absolute atomic E-state index is 0.462. The number of hydrogen-bond acceptors (Lipinski definition) is 3. The largest absolute Gasteiger partial charge is 0.316 e. The molecule has 1 rings (SSSR count). The van der Waals surface area contributed by atoms with E-state index in [1.54, 1.807) is 0 Å². The molecule has 0 bridgehead atoms. The predicted molar refractivity (Wildman–Crippen MR) is 89.3 cm³/mol. The van der Waals surface area contributed by atoms with Gasteiger partial charge in [-0.1, -0.05) is 27.7 Å². The maximum atomic E-state index is 3.66. The van der Waals surface area contributed by atoms with E-state index in [-0.39, 0.29) is 0 Å². The van der Waals surface area contributed by atoms with E-state index in [1.165, 1.54) is 58.4 Å². The summed E-state index contributed by atoms with van der Waals surface area (Å²) in [4.78, 5) is 5.25. The molecule has 1 fully saturated rings. The van der Waals surface area contributed by atoms with Crippen LogP contribution in [0, 0.1) is 5.41 Å². The van der Waals surface area contributed by atoms with Gasteiger partial charge in [0, 0.05) is 38.8 Å². The monoisotopic (exact) mass is 283 g/mol. The molecule has 0 aliphatic carbocycles. The molecule has 1 aliphatic heterocycles. The average Bonchev–Trinajstić information content (AvgIpc) is 2.48. The number of likely N-dealkylation sites (N-methyl/N-ethyl adjacent to an activating group) is 1. The summed E-state index contributed by atoms with van der Waals surface area (Å²) in [7, 11) is 2.28. The Morgan fingerprint density at radius 3 is 2.35 bits per heavy atom. The van der Waals surface area contributed by atoms with E-state index in [0.29, 0.717) is 5.41 Å². The third kappa shape index (κ3) is 5.01. The van der Waals surface area contributed by atoms with Crippen molar-refractivity contribution in [1.29, 1.82) is 0 Å². The molecule has 3 heteroatoms. The molecule has 1 saturated heterocycles. The minimum Gasteiger partial charge on any atom is -0.316 e. The Morgan fingerprint density at radius 1 is 1.10 bits per heavy atom. The van der Waals surface area contributed by atoms with Crippen molar-refractivity contribution in [2.45, 2.75) is 59.4 Å². The van der Waals surface area contributed by atoms with Gasteiger partial charge in [-0.3, -0.25) is 4.90 Å². The molecule has 120 valence electrons. The number of nitrogens with one attached hydrogen (secondary N) is 1. The van der Waals surface area contributed by atoms with E-state index in [1.807, 2.05) is 0 Å². The van der Waals surface area contributed by atoms with Gasteiger partial charge in [-0.15, -0.1) is 0 Å². The van der Waals surface area contributed by atoms with Crippen LogP contribution in [-0.4, -0.2) is 62.2 Å². The lowest BCUT2D eigenvalue weighted by atomic mass is 9.81. The molecular weight excluding hydrogens is 246 g/mol. The second kappa shape index (κ2) is 9.01. The summed E-state index contributed by atoms with van der Waals surface area (Å²) in [5.41, 5.74) is 0.462. The Labute approximate surface area is 127 Å². The Kier molecular flexibility index (Phi) is 8.08. The first-order valence-corrected chi connectivity index (χ1v) is 8.74. The Balaban J connectivity index is 2.56. The molecule has 0 amide bonds. The lowest BCUT2D eigenvalue weighted by Crippen LogP contribution is -2.54. The highest BCUT2D eigenvalue weighted by Gasteiger charge is 2.31. The molecule has 3 nitrogen and oxygen atoms in total. The normalized spacial score (nSPS) is 22.4. The van der Waals surface area contributed by atoms with Crippen LogP contribution in [0.1, 0.15) is 53.4 Å². The lowest BCUT2D eigenvalue weighted by Gasteiger charge is -2.44. The molecule has 1 unspecified atom stereocenters. The van der Waals surface area contributed by atoms with Crippen LogP contribution in [-0.2, 0) is 0 Å². The summed E-state index contributed by atoms with van der Waals surface area (Å²) in [5, 5.41) is 3.66. The summed E-state index contributed by atoms with van der Waals surface area (Å²) in [6.07, 6.45) is 5.06. The Morgan fingerprint density at radius 2 is 1.80 bits per heavy atom. The van der Waals surface area contributed by atoms with E-state index in [0.717, 1.165) is 12.6 Å². The fourth-order valence-corrected chi connectivity index (χ4v) is 3.38. The molecule has 1 heterocycles. The fourth-order valence-electron chi connectivity index (χ4n) is 3.38. The second-order valence-electron chi connectivity index (χ2n) is 6.66. The van der Waals surface area contributed by atoms with E-state index < -0.39 is 0 Å². The number of hydrogen-bond donors (Lipinski definition) is 1. The molecule has 0 saturated carbocycles. The summed E-state index contributed by atoms with van der Waals surface area (Å²) < 4.78 is 0. The van der Waals surface area contributed by atoms with Crippen molar-refractivity contribution in [3.8, 4) is 0 Å². The van der Waals surface area contributed by atoms with Gasteiger partial charge in [0.25, 0.3) is 0 Å². The lowest BCUT2D eigenvalue weighted by molar-refractivity contribution is 0.0524. The second-order valence-corrected chi connectivity index (χ2v) is 6.66. The minimum atomic E-state index is 0.462. The van der Waals surface area contributed by atoms with Crippen molar-refractivity contribution in [3.05, 3.63) is 0 Å². The number of nitrogens with zero attached hydrogens (tertiary/aromatic N) is 2. The molecule has 0 aromatic rings. The topological polar surface area (TPSA) is 18.5 Å². The van der Waals surface area contributed by atoms with Crippen LogP contribution in [0.15, 0.2) is 0 Å². The highest BCUT2D eigenvalue weighted by Crippen LogP contribution is 2.28. The zero-order valence-electron chi connectivity index (χ0n) is 14.5. The van der Waals surface area contributed by atoms with Gasteiger partial charge >= 0.3 is 0 Å². The summed E-state index contributed by atoms with van der Waals surface area (Å²) in [5.74, 6) is 0. The van der Waals surface area contributed by atoms with E-state index in [4.69, 9.17) is 0 Å². The van der Waals surface area contributed by atoms with E-state index >= 15 is 0 Å². The van der Waals surface area contributed by atoms with Crippen LogP contribution in [0.5, 0.6) is 0 Å². The van der Waals surface area contributed by atoms with Crippen molar-refractivity contribution >= 4 is 0 Å². The predicted octanol–water partition coefficient (Wildman–Crippen LogP) is 2.82. The molecule has 0 spiro atoms. The average molecular weight is 284 g/mol. The van der Waals surface area contributed by atoms with Gasteiger partial charge in [-0.05, 0) is 44.7 Å². The van der Waals surface area contributed by atoms with Gasteiger partial charge < -0.3 is 10.2 Å². The number of rotatable bonds is 9. The van der Waals surface area contributed by atoms with Crippen molar-refractivity contribution in [3.63, 3.8) is 0 Å². The van der Waals surface area contributed by atoms with Gasteiger partial charge in [0.2, 0.25) is 0 Å². The van der Waals surface area contributed by atoms with Crippen LogP contribution in [0.2, 0.25) is 0 Å². The standard InChI is InChI=1S/C17H37N3/c1-6-10-18-14-17(8-3,9-4)15-20-12-11-19(5)16(7-2)13-20/h16,18H,6-15H2,1-5H3. The highest BCUT2D eigenvalue weighted by molar-refractivity contribution is 4.87. The van der Waals surface area contributed by atoms with E-state index in [2.05, 4.69) is 49.9 Å². The maximum Gasteiger partial charge on any atom is 0.0218 e. The molecular formula is C17H37N3. The first-order chi connectivity index (χ1) is 9.60. The summed E-state index contributed by atoms with van der Waals surface area (Å²) in [6.45, 7) is 16.6. The zero-order valence-corrected chi connectivity index (χ0v) is 14.5. The maximum absolute atomic E-state index is 3.66. The molecule has 0 aromatic carbocycles. The molecule has 1 N–H and O–H groups in total. The van der Waals surface area contributed by atoms with Crippen molar-refractivity contribution in [1.82, 2.24) is 15.1 Å². The molecule has 1 aliphatic rings. The van der Waals surface area contributed by atoms with Crippen molar-refractivity contribution in [2.75, 3.05) is 46.3 Å². The third-order valence-electron chi connectivity index (χ3n) is 5.32. The third-order valence-corrected chi connectivity index (χ3v) is 5.32. The Hall–Kier alpha value is -0.120. The van der Waals surface area contributed by atoms with Gasteiger partial charge in [-0.25, -0.2) is 0 Å². The van der Waals surface area contributed by atoms with Gasteiger partial charge in [0.15, 0.2) is 0 Å². The smallest absolute Gasteiger partial charge is 0.0218 e. The summed E-state index contributed by atoms with van der Waals surface area (Å²) in [6, 6.07) is 0.749. The van der Waals surface area contributed by atoms with Gasteiger partial charge in [0.05, 0.1) is 0 Å².